The number of alkyl halides is 1. The molecular formula is C25H38BrN3O6S. The Morgan fingerprint density at radius 1 is 1.22 bits per heavy atom. The Hall–Kier alpha value is -1.14. The Balaban J connectivity index is 1.59. The highest BCUT2D eigenvalue weighted by atomic mass is 79.9. The van der Waals surface area contributed by atoms with Crippen LogP contribution in [0.3, 0.4) is 0 Å². The molecule has 0 aliphatic carbocycles. The van der Waals surface area contributed by atoms with Crippen LogP contribution in [0.25, 0.3) is 0 Å². The molecule has 4 saturated heterocycles. The Bertz CT molecular complexity index is 843. The predicted octanol–water partition coefficient (Wildman–Crippen LogP) is 1.44. The summed E-state index contributed by atoms with van der Waals surface area (Å²) >= 11 is 5.23. The highest BCUT2D eigenvalue weighted by molar-refractivity contribution is 9.09. The lowest BCUT2D eigenvalue weighted by atomic mass is 9.71. The van der Waals surface area contributed by atoms with Crippen molar-refractivity contribution in [1.29, 1.82) is 0 Å². The van der Waals surface area contributed by atoms with Crippen LogP contribution in [-0.4, -0.2) is 123 Å². The number of aliphatic hydroxyl groups excluding tert-OH is 1. The van der Waals surface area contributed by atoms with Crippen molar-refractivity contribution in [1.82, 2.24) is 14.7 Å². The van der Waals surface area contributed by atoms with Gasteiger partial charge in [0.15, 0.2) is 0 Å². The molecule has 2 bridgehead atoms. The van der Waals surface area contributed by atoms with Crippen LogP contribution in [0.4, 0.5) is 0 Å². The second-order valence-electron chi connectivity index (χ2n) is 10.2. The fraction of sp³-hybridized carbons (Fsp3) is 0.800. The van der Waals surface area contributed by atoms with E-state index in [1.807, 2.05) is 0 Å². The van der Waals surface area contributed by atoms with Crippen LogP contribution in [0.1, 0.15) is 32.1 Å². The van der Waals surface area contributed by atoms with Gasteiger partial charge in [-0.05, 0) is 19.3 Å². The fourth-order valence-electron chi connectivity index (χ4n) is 6.39. The van der Waals surface area contributed by atoms with Gasteiger partial charge >= 0.3 is 5.97 Å². The highest BCUT2D eigenvalue weighted by Gasteiger charge is 2.75. The number of aliphatic hydroxyl groups is 1. The van der Waals surface area contributed by atoms with E-state index < -0.39 is 28.6 Å². The molecular weight excluding hydrogens is 550 g/mol. The van der Waals surface area contributed by atoms with Crippen molar-refractivity contribution < 1.29 is 29.3 Å². The summed E-state index contributed by atoms with van der Waals surface area (Å²) in [5.74, 6) is -2.73. The van der Waals surface area contributed by atoms with Crippen LogP contribution < -0.4 is 0 Å². The average Bonchev–Trinajstić information content (AvgIpc) is 3.45. The number of carboxylic acid groups (broad SMARTS) is 1. The van der Waals surface area contributed by atoms with Crippen LogP contribution in [0.5, 0.6) is 0 Å². The minimum atomic E-state index is -0.955. The minimum Gasteiger partial charge on any atom is -0.481 e. The monoisotopic (exact) mass is 587 g/mol. The number of hydrogen-bond donors (Lipinski definition) is 2. The summed E-state index contributed by atoms with van der Waals surface area (Å²) in [7, 11) is 0. The van der Waals surface area contributed by atoms with Crippen molar-refractivity contribution in [2.24, 2.45) is 11.8 Å². The van der Waals surface area contributed by atoms with Gasteiger partial charge in [0, 0.05) is 56.0 Å². The summed E-state index contributed by atoms with van der Waals surface area (Å²) in [5, 5.41) is 18.9. The quantitative estimate of drug-likeness (QED) is 0.189. The molecule has 6 atom stereocenters. The predicted molar refractivity (Wildman–Crippen MR) is 141 cm³/mol. The van der Waals surface area contributed by atoms with Gasteiger partial charge in [-0.3, -0.25) is 19.3 Å². The maximum Gasteiger partial charge on any atom is 0.308 e. The molecule has 1 spiro atoms. The molecule has 2 N–H and O–H groups in total. The lowest BCUT2D eigenvalue weighted by Crippen LogP contribution is -2.56. The number of unbranched alkanes of at least 4 members (excludes halogenated alkanes) is 3. The van der Waals surface area contributed by atoms with Gasteiger partial charge in [0.1, 0.15) is 6.04 Å². The van der Waals surface area contributed by atoms with E-state index in [0.29, 0.717) is 45.7 Å². The van der Waals surface area contributed by atoms with Gasteiger partial charge in [0.05, 0.1) is 29.8 Å². The zero-order chi connectivity index (χ0) is 25.9. The molecule has 36 heavy (non-hydrogen) atoms. The molecule has 0 aromatic carbocycles. The number of fused-ring (bicyclic) bond motifs is 1. The van der Waals surface area contributed by atoms with E-state index in [0.717, 1.165) is 38.9 Å². The fourth-order valence-corrected chi connectivity index (χ4v) is 9.99. The van der Waals surface area contributed by atoms with Crippen LogP contribution in [-0.2, 0) is 19.1 Å². The van der Waals surface area contributed by atoms with Gasteiger partial charge in [-0.25, -0.2) is 0 Å². The summed E-state index contributed by atoms with van der Waals surface area (Å²) < 4.78 is 4.70. The third kappa shape index (κ3) is 5.23. The molecule has 4 heterocycles. The molecule has 0 saturated carbocycles. The van der Waals surface area contributed by atoms with Gasteiger partial charge in [-0.15, -0.1) is 18.3 Å². The van der Waals surface area contributed by atoms with E-state index in [4.69, 9.17) is 9.84 Å². The summed E-state index contributed by atoms with van der Waals surface area (Å²) in [6.45, 7) is 9.06. The first kappa shape index (κ1) is 27.9. The molecule has 4 fully saturated rings. The van der Waals surface area contributed by atoms with Crippen LogP contribution in [0.15, 0.2) is 12.7 Å². The molecule has 11 heteroatoms. The van der Waals surface area contributed by atoms with Crippen LogP contribution >= 0.6 is 27.7 Å². The normalized spacial score (nSPS) is 33.7. The molecule has 3 unspecified atom stereocenters. The Morgan fingerprint density at radius 2 is 1.94 bits per heavy atom. The van der Waals surface area contributed by atoms with Crippen molar-refractivity contribution in [2.45, 2.75) is 53.0 Å². The summed E-state index contributed by atoms with van der Waals surface area (Å²) in [4.78, 5) is 46.0. The zero-order valence-corrected chi connectivity index (χ0v) is 23.1. The number of carbonyl (C=O) groups excluding carboxylic acids is 2. The van der Waals surface area contributed by atoms with Crippen LogP contribution in [0.2, 0.25) is 0 Å². The summed E-state index contributed by atoms with van der Waals surface area (Å²) in [6, 6.07) is -0.683. The largest absolute Gasteiger partial charge is 0.481 e. The van der Waals surface area contributed by atoms with Gasteiger partial charge in [0.2, 0.25) is 11.8 Å². The Morgan fingerprint density at radius 3 is 2.61 bits per heavy atom. The smallest absolute Gasteiger partial charge is 0.308 e. The second-order valence-corrected chi connectivity index (χ2v) is 12.9. The lowest BCUT2D eigenvalue weighted by molar-refractivity contribution is -0.148. The van der Waals surface area contributed by atoms with E-state index in [-0.39, 0.29) is 28.5 Å². The van der Waals surface area contributed by atoms with Crippen molar-refractivity contribution in [3.05, 3.63) is 12.7 Å². The number of nitrogens with zero attached hydrogens (tertiary/aromatic N) is 3. The third-order valence-corrected chi connectivity index (χ3v) is 11.3. The van der Waals surface area contributed by atoms with E-state index in [1.165, 1.54) is 0 Å². The van der Waals surface area contributed by atoms with E-state index in [9.17, 15) is 19.5 Å². The number of morpholine rings is 1. The van der Waals surface area contributed by atoms with Gasteiger partial charge in [-0.1, -0.05) is 34.8 Å². The molecule has 202 valence electrons. The maximum atomic E-state index is 14.2. The second kappa shape index (κ2) is 12.1. The number of carbonyl (C=O) groups is 3. The number of halogens is 1. The molecule has 4 rings (SSSR count). The number of carboxylic acids is 1. The number of amides is 2. The maximum absolute atomic E-state index is 14.2. The summed E-state index contributed by atoms with van der Waals surface area (Å²) in [5.41, 5.74) is 0. The van der Waals surface area contributed by atoms with Gasteiger partial charge in [-0.2, -0.15) is 0 Å². The number of hydrogen-bond acceptors (Lipinski definition) is 7. The Labute approximate surface area is 225 Å². The topological polar surface area (TPSA) is 111 Å². The van der Waals surface area contributed by atoms with E-state index >= 15 is 0 Å². The number of ether oxygens (including phenoxy) is 1. The Kier molecular flexibility index (Phi) is 9.41. The van der Waals surface area contributed by atoms with Gasteiger partial charge in [0.25, 0.3) is 0 Å². The van der Waals surface area contributed by atoms with E-state index in [1.54, 1.807) is 27.6 Å². The molecule has 4 aliphatic rings. The van der Waals surface area contributed by atoms with Gasteiger partial charge < -0.3 is 24.7 Å². The van der Waals surface area contributed by atoms with Crippen molar-refractivity contribution in [2.75, 3.05) is 59.1 Å². The molecule has 9 nitrogen and oxygen atoms in total. The average molecular weight is 589 g/mol. The van der Waals surface area contributed by atoms with E-state index in [2.05, 4.69) is 27.4 Å². The number of rotatable bonds is 13. The first-order valence-electron chi connectivity index (χ1n) is 13.0. The number of thioether (sulfide) groups is 1. The minimum absolute atomic E-state index is 0.0475. The number of aliphatic carboxylic acids is 1. The molecule has 0 aromatic heterocycles. The van der Waals surface area contributed by atoms with Crippen molar-refractivity contribution in [3.63, 3.8) is 0 Å². The lowest BCUT2D eigenvalue weighted by Gasteiger charge is -2.38. The number of likely N-dealkylation sites (tertiary alicyclic amines) is 1. The highest BCUT2D eigenvalue weighted by Crippen LogP contribution is 2.67. The molecule has 0 aromatic rings. The molecule has 2 amide bonds. The first-order valence-corrected chi connectivity index (χ1v) is 14.8. The van der Waals surface area contributed by atoms with Crippen molar-refractivity contribution >= 4 is 45.5 Å². The SMILES string of the molecule is C=CCN(CCN1CCOCC1)C(=O)C1N(CCCCCCO)C(=O)[C@@H]2[C@@H](C(=O)O)[C@@H]3SC12CC3Br. The molecule has 4 aliphatic heterocycles. The zero-order valence-electron chi connectivity index (χ0n) is 20.7. The standard InChI is InChI=1S/C25H38BrN3O6S/c1-2-7-28(10-9-27-11-14-35-15-12-27)23(32)21-25-16-17(26)20(36-25)18(24(33)34)19(25)22(31)29(21)8-5-3-4-6-13-30/h2,17-21,30H,1,3-16H2,(H,33,34)/t17?,18-,19+,20-,21?,25?/m1/s1. The van der Waals surface area contributed by atoms with Crippen LogP contribution in [0, 0.1) is 11.8 Å². The summed E-state index contributed by atoms with van der Waals surface area (Å²) in [6.07, 6.45) is 5.44. The van der Waals surface area contributed by atoms with Crippen molar-refractivity contribution in [3.8, 4) is 0 Å². The molecule has 0 radical (unpaired) electrons. The third-order valence-electron chi connectivity index (χ3n) is 8.07. The first-order chi connectivity index (χ1) is 17.4.